The van der Waals surface area contributed by atoms with Crippen LogP contribution >= 0.6 is 0 Å². The molecule has 0 radical (unpaired) electrons. The zero-order valence-corrected chi connectivity index (χ0v) is 17.2. The second-order valence-corrected chi connectivity index (χ2v) is 7.63. The van der Waals surface area contributed by atoms with Gasteiger partial charge in [0.15, 0.2) is 23.0 Å². The lowest BCUT2D eigenvalue weighted by Gasteiger charge is -2.29. The molecule has 0 atom stereocenters. The van der Waals surface area contributed by atoms with E-state index in [2.05, 4.69) is 15.1 Å². The molecule has 1 aromatic heterocycles. The van der Waals surface area contributed by atoms with Crippen molar-refractivity contribution in [3.8, 4) is 11.5 Å². The van der Waals surface area contributed by atoms with E-state index >= 15 is 0 Å². The fourth-order valence-corrected chi connectivity index (χ4v) is 4.13. The second kappa shape index (κ2) is 8.68. The van der Waals surface area contributed by atoms with Crippen molar-refractivity contribution in [3.63, 3.8) is 0 Å². The maximum absolute atomic E-state index is 13.0. The summed E-state index contributed by atoms with van der Waals surface area (Å²) in [4.78, 5) is 17.1. The molecule has 29 heavy (non-hydrogen) atoms. The highest BCUT2D eigenvalue weighted by atomic mass is 16.5. The lowest BCUT2D eigenvalue weighted by atomic mass is 9.98. The highest BCUT2D eigenvalue weighted by molar-refractivity contribution is 5.92. The van der Waals surface area contributed by atoms with Gasteiger partial charge in [0.1, 0.15) is 0 Å². The van der Waals surface area contributed by atoms with Gasteiger partial charge in [-0.25, -0.2) is 0 Å². The number of methoxy groups -OCH3 is 2. The van der Waals surface area contributed by atoms with E-state index in [-0.39, 0.29) is 5.91 Å². The van der Waals surface area contributed by atoms with Gasteiger partial charge in [-0.2, -0.15) is 0 Å². The Kier molecular flexibility index (Phi) is 5.83. The molecule has 1 aromatic carbocycles. The van der Waals surface area contributed by atoms with Gasteiger partial charge in [-0.15, -0.1) is 10.2 Å². The van der Waals surface area contributed by atoms with Gasteiger partial charge in [-0.05, 0) is 54.7 Å². The Bertz CT molecular complexity index is 861. The number of hydrogen-bond acceptors (Lipinski definition) is 6. The van der Waals surface area contributed by atoms with Crippen LogP contribution in [0, 0.1) is 0 Å². The van der Waals surface area contributed by atoms with E-state index in [4.69, 9.17) is 9.47 Å². The predicted octanol–water partition coefficient (Wildman–Crippen LogP) is 3.07. The fourth-order valence-electron chi connectivity index (χ4n) is 4.13. The summed E-state index contributed by atoms with van der Waals surface area (Å²) in [5.74, 6) is 2.19. The number of aromatic nitrogens is 2. The predicted molar refractivity (Wildman–Crippen MR) is 111 cm³/mol. The minimum absolute atomic E-state index is 0.0830. The van der Waals surface area contributed by atoms with Crippen LogP contribution in [0.1, 0.15) is 47.3 Å². The van der Waals surface area contributed by atoms with E-state index in [1.165, 1.54) is 31.2 Å². The minimum atomic E-state index is -0.0830. The van der Waals surface area contributed by atoms with Crippen LogP contribution in [-0.4, -0.2) is 54.9 Å². The van der Waals surface area contributed by atoms with Crippen LogP contribution in [-0.2, 0) is 13.0 Å². The first-order valence-corrected chi connectivity index (χ1v) is 10.3. The highest BCUT2D eigenvalue weighted by Gasteiger charge is 2.25. The molecule has 1 saturated heterocycles. The SMILES string of the molecule is COc1cc2c(cc1OC)CN(C(=O)c1ccc(N3CCCCCC3)nn1)CC2. The van der Waals surface area contributed by atoms with E-state index in [1.807, 2.05) is 23.1 Å². The van der Waals surface area contributed by atoms with Gasteiger partial charge in [0.2, 0.25) is 0 Å². The van der Waals surface area contributed by atoms with Crippen LogP contribution in [0.15, 0.2) is 24.3 Å². The molecule has 1 fully saturated rings. The van der Waals surface area contributed by atoms with Gasteiger partial charge in [0.05, 0.1) is 14.2 Å². The molecule has 2 aliphatic heterocycles. The summed E-state index contributed by atoms with van der Waals surface area (Å²) >= 11 is 0. The third-order valence-electron chi connectivity index (χ3n) is 5.80. The number of rotatable bonds is 4. The molecule has 4 rings (SSSR count). The average molecular weight is 396 g/mol. The van der Waals surface area contributed by atoms with Crippen LogP contribution in [0.2, 0.25) is 0 Å². The van der Waals surface area contributed by atoms with Crippen LogP contribution in [0.25, 0.3) is 0 Å². The van der Waals surface area contributed by atoms with Gasteiger partial charge in [-0.1, -0.05) is 12.8 Å². The van der Waals surface area contributed by atoms with Gasteiger partial charge < -0.3 is 19.3 Å². The van der Waals surface area contributed by atoms with Crippen LogP contribution in [0.3, 0.4) is 0 Å². The number of carbonyl (C=O) groups excluding carboxylic acids is 1. The summed E-state index contributed by atoms with van der Waals surface area (Å²) in [7, 11) is 3.26. The molecule has 7 heteroatoms. The van der Waals surface area contributed by atoms with E-state index in [9.17, 15) is 4.79 Å². The third-order valence-corrected chi connectivity index (χ3v) is 5.80. The zero-order valence-electron chi connectivity index (χ0n) is 17.2. The van der Waals surface area contributed by atoms with Crippen molar-refractivity contribution in [2.75, 3.05) is 38.8 Å². The van der Waals surface area contributed by atoms with Crippen molar-refractivity contribution >= 4 is 11.7 Å². The van der Waals surface area contributed by atoms with Crippen molar-refractivity contribution in [2.45, 2.75) is 38.6 Å². The molecular formula is C22H28N4O3. The molecule has 0 bridgehead atoms. The van der Waals surface area contributed by atoms with Crippen molar-refractivity contribution in [1.29, 1.82) is 0 Å². The van der Waals surface area contributed by atoms with E-state index < -0.39 is 0 Å². The Labute approximate surface area is 171 Å². The van der Waals surface area contributed by atoms with E-state index in [0.29, 0.717) is 24.5 Å². The fraction of sp³-hybridized carbons (Fsp3) is 0.500. The molecule has 154 valence electrons. The molecule has 0 aliphatic carbocycles. The van der Waals surface area contributed by atoms with E-state index in [1.54, 1.807) is 20.3 Å². The molecule has 1 amide bonds. The number of nitrogens with zero attached hydrogens (tertiary/aromatic N) is 4. The third kappa shape index (κ3) is 4.13. The van der Waals surface area contributed by atoms with Crippen molar-refractivity contribution in [1.82, 2.24) is 15.1 Å². The molecule has 7 nitrogen and oxygen atoms in total. The Morgan fingerprint density at radius 3 is 2.21 bits per heavy atom. The molecule has 3 heterocycles. The first-order valence-electron chi connectivity index (χ1n) is 10.3. The van der Waals surface area contributed by atoms with Gasteiger partial charge in [-0.3, -0.25) is 4.79 Å². The maximum Gasteiger partial charge on any atom is 0.274 e. The molecule has 0 spiro atoms. The molecule has 0 saturated carbocycles. The summed E-state index contributed by atoms with van der Waals surface area (Å²) < 4.78 is 10.8. The number of anilines is 1. The van der Waals surface area contributed by atoms with Gasteiger partial charge in [0.25, 0.3) is 5.91 Å². The lowest BCUT2D eigenvalue weighted by Crippen LogP contribution is -2.36. The number of carbonyl (C=O) groups is 1. The molecule has 2 aliphatic rings. The average Bonchev–Trinajstić information content (AvgIpc) is 3.07. The number of benzene rings is 1. The topological polar surface area (TPSA) is 67.8 Å². The Morgan fingerprint density at radius 2 is 1.59 bits per heavy atom. The van der Waals surface area contributed by atoms with E-state index in [0.717, 1.165) is 36.6 Å². The first-order chi connectivity index (χ1) is 14.2. The lowest BCUT2D eigenvalue weighted by molar-refractivity contribution is 0.0727. The summed E-state index contributed by atoms with van der Waals surface area (Å²) in [6.07, 6.45) is 5.69. The monoisotopic (exact) mass is 396 g/mol. The van der Waals surface area contributed by atoms with Crippen molar-refractivity contribution in [3.05, 3.63) is 41.1 Å². The summed E-state index contributed by atoms with van der Waals surface area (Å²) in [5, 5.41) is 8.60. The van der Waals surface area contributed by atoms with Crippen LogP contribution in [0.5, 0.6) is 11.5 Å². The van der Waals surface area contributed by atoms with Crippen LogP contribution in [0.4, 0.5) is 5.82 Å². The maximum atomic E-state index is 13.0. The Morgan fingerprint density at radius 1 is 0.897 bits per heavy atom. The number of fused-ring (bicyclic) bond motifs is 1. The Balaban J connectivity index is 1.47. The summed E-state index contributed by atoms with van der Waals surface area (Å²) in [5.41, 5.74) is 2.66. The second-order valence-electron chi connectivity index (χ2n) is 7.63. The minimum Gasteiger partial charge on any atom is -0.493 e. The van der Waals surface area contributed by atoms with Crippen LogP contribution < -0.4 is 14.4 Å². The summed E-state index contributed by atoms with van der Waals surface area (Å²) in [6, 6.07) is 7.70. The molecule has 2 aromatic rings. The standard InChI is InChI=1S/C22H28N4O3/c1-28-19-13-16-9-12-26(15-17(16)14-20(19)29-2)22(27)18-7-8-21(24-23-18)25-10-5-3-4-6-11-25/h7-8,13-14H,3-6,9-12,15H2,1-2H3. The quantitative estimate of drug-likeness (QED) is 0.791. The number of hydrogen-bond donors (Lipinski definition) is 0. The summed E-state index contributed by atoms with van der Waals surface area (Å²) in [6.45, 7) is 3.20. The largest absolute Gasteiger partial charge is 0.493 e. The van der Waals surface area contributed by atoms with Gasteiger partial charge >= 0.3 is 0 Å². The zero-order chi connectivity index (χ0) is 20.2. The number of ether oxygens (including phenoxy) is 2. The molecular weight excluding hydrogens is 368 g/mol. The number of amides is 1. The normalized spacial score (nSPS) is 16.8. The molecule has 0 N–H and O–H groups in total. The Hall–Kier alpha value is -2.83. The first kappa shape index (κ1) is 19.5. The molecule has 0 unspecified atom stereocenters. The van der Waals surface area contributed by atoms with Crippen molar-refractivity contribution in [2.24, 2.45) is 0 Å². The van der Waals surface area contributed by atoms with Crippen molar-refractivity contribution < 1.29 is 14.3 Å². The van der Waals surface area contributed by atoms with Gasteiger partial charge in [0, 0.05) is 26.2 Å². The smallest absolute Gasteiger partial charge is 0.274 e. The highest BCUT2D eigenvalue weighted by Crippen LogP contribution is 2.33.